The summed E-state index contributed by atoms with van der Waals surface area (Å²) in [5, 5.41) is 0. The molecule has 1 aromatic carbocycles. The van der Waals surface area contributed by atoms with Crippen LogP contribution in [0.1, 0.15) is 106 Å². The van der Waals surface area contributed by atoms with Crippen LogP contribution in [0.2, 0.25) is 0 Å². The zero-order valence-electron chi connectivity index (χ0n) is 23.5. The second-order valence-electron chi connectivity index (χ2n) is 12.6. The second-order valence-corrected chi connectivity index (χ2v) is 12.6. The van der Waals surface area contributed by atoms with Gasteiger partial charge in [-0.15, -0.1) is 0 Å². The Kier molecular flexibility index (Phi) is 10.5. The predicted molar refractivity (Wildman–Crippen MR) is 138 cm³/mol. The van der Waals surface area contributed by atoms with Gasteiger partial charge in [0, 0.05) is 6.42 Å². The van der Waals surface area contributed by atoms with Crippen LogP contribution in [0.4, 0.5) is 0 Å². The van der Waals surface area contributed by atoms with Crippen LogP contribution in [0.15, 0.2) is 24.3 Å². The smallest absolute Gasteiger partial charge is 0.337 e. The number of hydrogen-bond acceptors (Lipinski definition) is 5. The summed E-state index contributed by atoms with van der Waals surface area (Å²) in [6.07, 6.45) is 1.63. The molecule has 0 spiro atoms. The number of rotatable bonds is 12. The molecule has 0 N–H and O–H groups in total. The molecule has 0 heterocycles. The lowest BCUT2D eigenvalue weighted by Crippen LogP contribution is -2.37. The van der Waals surface area contributed by atoms with Gasteiger partial charge in [0.25, 0.3) is 0 Å². The zero-order valence-corrected chi connectivity index (χ0v) is 23.5. The second kappa shape index (κ2) is 11.8. The van der Waals surface area contributed by atoms with Crippen molar-refractivity contribution in [1.29, 1.82) is 0 Å². The highest BCUT2D eigenvalue weighted by Crippen LogP contribution is 2.43. The van der Waals surface area contributed by atoms with E-state index in [-0.39, 0.29) is 23.2 Å². The summed E-state index contributed by atoms with van der Waals surface area (Å²) in [6.45, 7) is 23.1. The molecule has 0 aromatic heterocycles. The van der Waals surface area contributed by atoms with E-state index in [0.29, 0.717) is 25.6 Å². The normalized spacial score (nSPS) is 14.1. The van der Waals surface area contributed by atoms with E-state index in [2.05, 4.69) is 65.8 Å². The summed E-state index contributed by atoms with van der Waals surface area (Å²) in [4.78, 5) is 24.0. The zero-order chi connectivity index (χ0) is 26.4. The number of carbonyl (C=O) groups excluding carboxylic acids is 2. The predicted octanol–water partition coefficient (Wildman–Crippen LogP) is 6.87. The number of ether oxygens (including phenoxy) is 3. The number of hydrogen-bond donors (Lipinski definition) is 0. The molecule has 0 fully saturated rings. The van der Waals surface area contributed by atoms with E-state index in [0.717, 1.165) is 12.0 Å². The minimum atomic E-state index is -1.06. The first-order chi connectivity index (χ1) is 15.3. The van der Waals surface area contributed by atoms with Gasteiger partial charge in [-0.25, -0.2) is 4.79 Å². The van der Waals surface area contributed by atoms with Gasteiger partial charge in [-0.3, -0.25) is 4.79 Å². The van der Waals surface area contributed by atoms with Gasteiger partial charge in [-0.05, 0) is 68.9 Å². The molecule has 0 bridgehead atoms. The number of Topliss-reactive ketones (excluding diaryl/α,β-unsaturated/α-hetero) is 1. The van der Waals surface area contributed by atoms with Crippen molar-refractivity contribution in [3.63, 3.8) is 0 Å². The third kappa shape index (κ3) is 10.3. The van der Waals surface area contributed by atoms with Gasteiger partial charge in [-0.1, -0.05) is 65.8 Å². The highest BCUT2D eigenvalue weighted by molar-refractivity contribution is 5.83. The summed E-state index contributed by atoms with van der Waals surface area (Å²) in [5.74, 6) is 0.0157. The fourth-order valence-corrected chi connectivity index (χ4v) is 3.53. The molecule has 1 aromatic rings. The van der Waals surface area contributed by atoms with Crippen molar-refractivity contribution in [2.45, 2.75) is 113 Å². The molecule has 0 aliphatic carbocycles. The minimum absolute atomic E-state index is 0.0322. The van der Waals surface area contributed by atoms with Gasteiger partial charge >= 0.3 is 5.97 Å². The van der Waals surface area contributed by atoms with Crippen molar-refractivity contribution >= 4 is 11.8 Å². The molecule has 34 heavy (non-hydrogen) atoms. The number of benzene rings is 1. The van der Waals surface area contributed by atoms with Crippen LogP contribution in [0.5, 0.6) is 0 Å². The highest BCUT2D eigenvalue weighted by atomic mass is 16.6. The van der Waals surface area contributed by atoms with Crippen molar-refractivity contribution < 1.29 is 23.8 Å². The monoisotopic (exact) mass is 476 g/mol. The van der Waals surface area contributed by atoms with Crippen LogP contribution in [0.3, 0.4) is 0 Å². The number of carbonyl (C=O) groups is 2. The van der Waals surface area contributed by atoms with E-state index in [1.807, 2.05) is 0 Å². The lowest BCUT2D eigenvalue weighted by atomic mass is 9.69. The third-order valence-corrected chi connectivity index (χ3v) is 6.17. The van der Waals surface area contributed by atoms with Crippen molar-refractivity contribution in [3.8, 4) is 0 Å². The van der Waals surface area contributed by atoms with Crippen molar-refractivity contribution in [2.24, 2.45) is 10.8 Å². The molecule has 194 valence electrons. The summed E-state index contributed by atoms with van der Waals surface area (Å²) >= 11 is 0. The average molecular weight is 477 g/mol. The maximum Gasteiger partial charge on any atom is 0.337 e. The van der Waals surface area contributed by atoms with E-state index in [1.165, 1.54) is 12.5 Å². The third-order valence-electron chi connectivity index (χ3n) is 6.17. The first-order valence-corrected chi connectivity index (χ1v) is 12.4. The van der Waals surface area contributed by atoms with Crippen LogP contribution in [0.25, 0.3) is 0 Å². The standard InChI is InChI=1S/C29H48O5/c1-21(30)28(8,9)33-18-12-17-32-25(31)29(10,11)34-20-22-13-15-23(16-14-22)24(27(5,6)7)19-26(2,3)4/h13-16,24H,12,17-20H2,1-11H3. The largest absolute Gasteiger partial charge is 0.463 e. The first kappa shape index (κ1) is 30.3. The molecule has 5 heteroatoms. The molecule has 0 saturated heterocycles. The van der Waals surface area contributed by atoms with Gasteiger partial charge in [0.2, 0.25) is 0 Å². The maximum atomic E-state index is 12.5. The van der Waals surface area contributed by atoms with Gasteiger partial charge in [0.1, 0.15) is 5.60 Å². The molecular formula is C29H48O5. The van der Waals surface area contributed by atoms with Crippen molar-refractivity contribution in [3.05, 3.63) is 35.4 Å². The summed E-state index contributed by atoms with van der Waals surface area (Å²) in [5.41, 5.74) is 0.900. The number of esters is 1. The Hall–Kier alpha value is -1.72. The van der Waals surface area contributed by atoms with E-state index in [1.54, 1.807) is 27.7 Å². The van der Waals surface area contributed by atoms with E-state index < -0.39 is 17.2 Å². The topological polar surface area (TPSA) is 61.8 Å². The Morgan fingerprint density at radius 2 is 1.35 bits per heavy atom. The molecule has 0 radical (unpaired) electrons. The van der Waals surface area contributed by atoms with Gasteiger partial charge in [-0.2, -0.15) is 0 Å². The molecule has 0 aliphatic heterocycles. The summed E-state index contributed by atoms with van der Waals surface area (Å²) < 4.78 is 16.9. The Bertz CT molecular complexity index is 791. The molecule has 5 nitrogen and oxygen atoms in total. The molecule has 0 amide bonds. The Balaban J connectivity index is 2.60. The fraction of sp³-hybridized carbons (Fsp3) is 0.724. The number of ketones is 1. The van der Waals surface area contributed by atoms with E-state index >= 15 is 0 Å². The minimum Gasteiger partial charge on any atom is -0.463 e. The van der Waals surface area contributed by atoms with Gasteiger partial charge in [0.05, 0.1) is 19.8 Å². The van der Waals surface area contributed by atoms with Crippen LogP contribution in [-0.2, 0) is 30.4 Å². The fourth-order valence-electron chi connectivity index (χ4n) is 3.53. The Morgan fingerprint density at radius 1 is 0.794 bits per heavy atom. The summed E-state index contributed by atoms with van der Waals surface area (Å²) in [7, 11) is 0. The van der Waals surface area contributed by atoms with Crippen molar-refractivity contribution in [1.82, 2.24) is 0 Å². The van der Waals surface area contributed by atoms with E-state index in [4.69, 9.17) is 14.2 Å². The quantitative estimate of drug-likeness (QED) is 0.243. The van der Waals surface area contributed by atoms with Crippen LogP contribution in [-0.4, -0.2) is 36.2 Å². The molecule has 0 aliphatic rings. The molecule has 1 atom stereocenters. The lowest BCUT2D eigenvalue weighted by Gasteiger charge is -2.36. The first-order valence-electron chi connectivity index (χ1n) is 12.4. The van der Waals surface area contributed by atoms with Gasteiger partial charge in [0.15, 0.2) is 11.4 Å². The maximum absolute atomic E-state index is 12.5. The van der Waals surface area contributed by atoms with Crippen LogP contribution in [0, 0.1) is 10.8 Å². The van der Waals surface area contributed by atoms with Crippen LogP contribution >= 0.6 is 0 Å². The van der Waals surface area contributed by atoms with E-state index in [9.17, 15) is 9.59 Å². The van der Waals surface area contributed by atoms with Crippen molar-refractivity contribution in [2.75, 3.05) is 13.2 Å². The SMILES string of the molecule is CC(=O)C(C)(C)OCCCOC(=O)C(C)(C)OCc1ccc(C(CC(C)(C)C)C(C)(C)C)cc1. The molecule has 1 unspecified atom stereocenters. The highest BCUT2D eigenvalue weighted by Gasteiger charge is 2.32. The molecule has 1 rings (SSSR count). The van der Waals surface area contributed by atoms with Crippen LogP contribution < -0.4 is 0 Å². The average Bonchev–Trinajstić information content (AvgIpc) is 2.69. The summed E-state index contributed by atoms with van der Waals surface area (Å²) in [6, 6.07) is 8.56. The molecule has 0 saturated carbocycles. The Morgan fingerprint density at radius 3 is 1.82 bits per heavy atom. The molecular weight excluding hydrogens is 428 g/mol. The van der Waals surface area contributed by atoms with Gasteiger partial charge < -0.3 is 14.2 Å². The lowest BCUT2D eigenvalue weighted by molar-refractivity contribution is -0.170. The Labute approximate surface area is 207 Å².